The summed E-state index contributed by atoms with van der Waals surface area (Å²) in [4.78, 5) is 6.71. The molecule has 3 nitrogen and oxygen atoms in total. The monoisotopic (exact) mass is 162 g/mol. The summed E-state index contributed by atoms with van der Waals surface area (Å²) in [5.41, 5.74) is 0. The number of hydrogen-bond acceptors (Lipinski definition) is 2. The molecule has 58 valence electrons. The first kappa shape index (κ1) is 9.46. The van der Waals surface area contributed by atoms with Crippen LogP contribution < -0.4 is 0 Å². The van der Waals surface area contributed by atoms with E-state index in [1.54, 1.807) is 12.4 Å². The van der Waals surface area contributed by atoms with Gasteiger partial charge in [0.2, 0.25) is 0 Å². The summed E-state index contributed by atoms with van der Waals surface area (Å²) in [6.07, 6.45) is 3.61. The zero-order chi connectivity index (χ0) is 6.69. The summed E-state index contributed by atoms with van der Waals surface area (Å²) in [7, 11) is 0. The minimum atomic E-state index is -0.431. The van der Waals surface area contributed by atoms with Gasteiger partial charge in [0.05, 0.1) is 0 Å². The van der Waals surface area contributed by atoms with Gasteiger partial charge in [0, 0.05) is 12.4 Å². The molecule has 0 saturated carbocycles. The van der Waals surface area contributed by atoms with E-state index in [9.17, 15) is 0 Å². The van der Waals surface area contributed by atoms with Gasteiger partial charge in [0.15, 0.2) is 0 Å². The second-order valence-corrected chi connectivity index (χ2v) is 1.90. The predicted molar refractivity (Wildman–Crippen MR) is 41.1 cm³/mol. The van der Waals surface area contributed by atoms with Crippen LogP contribution in [0.2, 0.25) is 0 Å². The highest BCUT2D eigenvalue weighted by Crippen LogP contribution is 2.08. The number of aromatic amines is 1. The van der Waals surface area contributed by atoms with Crippen LogP contribution in [0.4, 0.5) is 0 Å². The Morgan fingerprint density at radius 3 is 2.90 bits per heavy atom. The summed E-state index contributed by atoms with van der Waals surface area (Å²) < 4.78 is 0. The van der Waals surface area contributed by atoms with Gasteiger partial charge >= 0.3 is 0 Å². The Morgan fingerprint density at radius 1 is 1.80 bits per heavy atom. The van der Waals surface area contributed by atoms with Crippen LogP contribution in [0.1, 0.15) is 25.3 Å². The molecule has 1 rings (SSSR count). The molecule has 1 aromatic heterocycles. The minimum absolute atomic E-state index is 0. The Morgan fingerprint density at radius 2 is 2.50 bits per heavy atom. The van der Waals surface area contributed by atoms with Gasteiger partial charge in [-0.15, -0.1) is 12.4 Å². The molecule has 1 atom stereocenters. The van der Waals surface area contributed by atoms with E-state index in [2.05, 4.69) is 9.97 Å². The van der Waals surface area contributed by atoms with E-state index in [0.29, 0.717) is 12.2 Å². The lowest BCUT2D eigenvalue weighted by Crippen LogP contribution is -1.96. The Balaban J connectivity index is 0.000000810. The summed E-state index contributed by atoms with van der Waals surface area (Å²) in [5.74, 6) is 0.650. The van der Waals surface area contributed by atoms with Gasteiger partial charge in [0.1, 0.15) is 11.9 Å². The predicted octanol–water partition coefficient (Wildman–Crippen LogP) is 1.27. The first-order valence-electron chi connectivity index (χ1n) is 3.02. The fourth-order valence-electron chi connectivity index (χ4n) is 0.653. The molecule has 2 N–H and O–H groups in total. The lowest BCUT2D eigenvalue weighted by Gasteiger charge is -2.00. The molecule has 1 unspecified atom stereocenters. The van der Waals surface area contributed by atoms with Crippen molar-refractivity contribution in [2.75, 3.05) is 0 Å². The van der Waals surface area contributed by atoms with Crippen molar-refractivity contribution in [3.05, 3.63) is 18.2 Å². The maximum Gasteiger partial charge on any atom is 0.134 e. The second kappa shape index (κ2) is 4.30. The number of rotatable bonds is 2. The normalized spacial score (nSPS) is 12.2. The van der Waals surface area contributed by atoms with Crippen molar-refractivity contribution in [1.82, 2.24) is 9.97 Å². The largest absolute Gasteiger partial charge is 0.385 e. The third kappa shape index (κ3) is 2.01. The maximum absolute atomic E-state index is 9.12. The van der Waals surface area contributed by atoms with Crippen LogP contribution in [0.25, 0.3) is 0 Å². The summed E-state index contributed by atoms with van der Waals surface area (Å²) in [6, 6.07) is 0. The highest BCUT2D eigenvalue weighted by Gasteiger charge is 2.04. The van der Waals surface area contributed by atoms with E-state index in [1.165, 1.54) is 0 Å². The van der Waals surface area contributed by atoms with E-state index in [0.717, 1.165) is 0 Å². The topological polar surface area (TPSA) is 48.9 Å². The van der Waals surface area contributed by atoms with Crippen molar-refractivity contribution in [2.24, 2.45) is 0 Å². The van der Waals surface area contributed by atoms with Crippen molar-refractivity contribution in [2.45, 2.75) is 19.4 Å². The molecule has 0 fully saturated rings. The molecule has 0 bridgehead atoms. The van der Waals surface area contributed by atoms with Crippen molar-refractivity contribution in [1.29, 1.82) is 0 Å². The van der Waals surface area contributed by atoms with E-state index < -0.39 is 6.10 Å². The molecule has 0 aliphatic heterocycles. The summed E-state index contributed by atoms with van der Waals surface area (Å²) in [6.45, 7) is 1.91. The van der Waals surface area contributed by atoms with Crippen LogP contribution in [0.3, 0.4) is 0 Å². The third-order valence-corrected chi connectivity index (χ3v) is 1.22. The van der Waals surface area contributed by atoms with Crippen LogP contribution in [0.15, 0.2) is 12.4 Å². The maximum atomic E-state index is 9.12. The Hall–Kier alpha value is -0.540. The number of nitrogens with one attached hydrogen (secondary N) is 1. The average molecular weight is 163 g/mol. The molecule has 0 spiro atoms. The number of nitrogens with zero attached hydrogens (tertiary/aromatic N) is 1. The van der Waals surface area contributed by atoms with Crippen molar-refractivity contribution in [3.63, 3.8) is 0 Å². The van der Waals surface area contributed by atoms with Gasteiger partial charge in [0.25, 0.3) is 0 Å². The first-order chi connectivity index (χ1) is 4.34. The Kier molecular flexibility index (Phi) is 4.07. The highest BCUT2D eigenvalue weighted by atomic mass is 35.5. The van der Waals surface area contributed by atoms with Gasteiger partial charge in [-0.25, -0.2) is 4.98 Å². The molecule has 0 aliphatic rings. The SMILES string of the molecule is CCC(O)c1ncc[nH]1.Cl. The zero-order valence-corrected chi connectivity index (χ0v) is 6.56. The summed E-state index contributed by atoms with van der Waals surface area (Å²) in [5, 5.41) is 9.12. The molecule has 4 heteroatoms. The Bertz CT molecular complexity index is 164. The molecule has 0 aliphatic carbocycles. The fourth-order valence-corrected chi connectivity index (χ4v) is 0.653. The molecule has 1 heterocycles. The van der Waals surface area contributed by atoms with E-state index in [-0.39, 0.29) is 12.4 Å². The smallest absolute Gasteiger partial charge is 0.134 e. The van der Waals surface area contributed by atoms with Crippen LogP contribution in [0, 0.1) is 0 Å². The lowest BCUT2D eigenvalue weighted by atomic mass is 10.3. The van der Waals surface area contributed by atoms with Gasteiger partial charge in [-0.2, -0.15) is 0 Å². The van der Waals surface area contributed by atoms with Crippen molar-refractivity contribution in [3.8, 4) is 0 Å². The first-order valence-corrected chi connectivity index (χ1v) is 3.02. The van der Waals surface area contributed by atoms with Crippen LogP contribution >= 0.6 is 12.4 Å². The van der Waals surface area contributed by atoms with Gasteiger partial charge in [-0.3, -0.25) is 0 Å². The van der Waals surface area contributed by atoms with Gasteiger partial charge in [-0.1, -0.05) is 6.92 Å². The van der Waals surface area contributed by atoms with Crippen LogP contribution in [-0.2, 0) is 0 Å². The lowest BCUT2D eigenvalue weighted by molar-refractivity contribution is 0.164. The fraction of sp³-hybridized carbons (Fsp3) is 0.500. The quantitative estimate of drug-likeness (QED) is 0.688. The molecule has 1 aromatic rings. The molecule has 0 aromatic carbocycles. The number of aliphatic hydroxyl groups is 1. The van der Waals surface area contributed by atoms with Gasteiger partial charge < -0.3 is 10.1 Å². The molecule has 0 saturated heterocycles. The minimum Gasteiger partial charge on any atom is -0.385 e. The number of aromatic nitrogens is 2. The van der Waals surface area contributed by atoms with E-state index in [1.807, 2.05) is 6.92 Å². The number of aliphatic hydroxyl groups excluding tert-OH is 1. The molecular formula is C6H11ClN2O. The Labute approximate surface area is 65.9 Å². The van der Waals surface area contributed by atoms with Crippen LogP contribution in [0.5, 0.6) is 0 Å². The molecule has 0 radical (unpaired) electrons. The number of H-pyrrole nitrogens is 1. The van der Waals surface area contributed by atoms with Crippen molar-refractivity contribution < 1.29 is 5.11 Å². The van der Waals surface area contributed by atoms with E-state index >= 15 is 0 Å². The van der Waals surface area contributed by atoms with Crippen LogP contribution in [-0.4, -0.2) is 15.1 Å². The third-order valence-electron chi connectivity index (χ3n) is 1.22. The average Bonchev–Trinajstić information content (AvgIpc) is 2.37. The number of imidazole rings is 1. The van der Waals surface area contributed by atoms with Crippen molar-refractivity contribution >= 4 is 12.4 Å². The number of hydrogen-bond donors (Lipinski definition) is 2. The summed E-state index contributed by atoms with van der Waals surface area (Å²) >= 11 is 0. The zero-order valence-electron chi connectivity index (χ0n) is 5.74. The molecular weight excluding hydrogens is 152 g/mol. The van der Waals surface area contributed by atoms with E-state index in [4.69, 9.17) is 5.11 Å². The number of halogens is 1. The second-order valence-electron chi connectivity index (χ2n) is 1.90. The standard InChI is InChI=1S/C6H10N2O.ClH/c1-2-5(9)6-7-3-4-8-6;/h3-5,9H,2H2,1H3,(H,7,8);1H. The van der Waals surface area contributed by atoms with Gasteiger partial charge in [-0.05, 0) is 6.42 Å². The molecule has 10 heavy (non-hydrogen) atoms. The highest BCUT2D eigenvalue weighted by molar-refractivity contribution is 5.85. The molecule has 0 amide bonds.